The molecule has 0 radical (unpaired) electrons. The fraction of sp³-hybridized carbons (Fsp3) is 0.750. The van der Waals surface area contributed by atoms with Crippen LogP contribution in [0.4, 0.5) is 0 Å². The van der Waals surface area contributed by atoms with Gasteiger partial charge >= 0.3 is 0 Å². The summed E-state index contributed by atoms with van der Waals surface area (Å²) in [6, 6.07) is -0.924. The lowest BCUT2D eigenvalue weighted by molar-refractivity contribution is -0.147. The lowest BCUT2D eigenvalue weighted by atomic mass is 10.0. The van der Waals surface area contributed by atoms with Gasteiger partial charge in [0.05, 0.1) is 6.04 Å². The summed E-state index contributed by atoms with van der Waals surface area (Å²) in [5.41, 5.74) is 10.6. The molecule has 74 valence electrons. The third kappa shape index (κ3) is 1.80. The number of hydrogen-bond acceptors (Lipinski definition) is 3. The highest BCUT2D eigenvalue weighted by atomic mass is 16.2. The van der Waals surface area contributed by atoms with Crippen LogP contribution in [0, 0.1) is 0 Å². The first-order valence-electron chi connectivity index (χ1n) is 4.43. The van der Waals surface area contributed by atoms with Crippen LogP contribution in [-0.2, 0) is 9.59 Å². The van der Waals surface area contributed by atoms with Gasteiger partial charge < -0.3 is 16.4 Å². The number of hydrogen-bond donors (Lipinski definition) is 2. The SMILES string of the molecule is CC[C@@H](N)C(=O)N1CCC1C(N)=O. The molecule has 1 rings (SSSR count). The van der Waals surface area contributed by atoms with Crippen LogP contribution in [0.5, 0.6) is 0 Å². The van der Waals surface area contributed by atoms with Crippen molar-refractivity contribution in [2.45, 2.75) is 31.8 Å². The van der Waals surface area contributed by atoms with Crippen LogP contribution in [0.1, 0.15) is 19.8 Å². The highest BCUT2D eigenvalue weighted by Gasteiger charge is 2.37. The Morgan fingerprint density at radius 1 is 1.62 bits per heavy atom. The van der Waals surface area contributed by atoms with E-state index < -0.39 is 18.0 Å². The van der Waals surface area contributed by atoms with Gasteiger partial charge in [-0.2, -0.15) is 0 Å². The van der Waals surface area contributed by atoms with Gasteiger partial charge in [0.1, 0.15) is 6.04 Å². The topological polar surface area (TPSA) is 89.4 Å². The Balaban J connectivity index is 2.53. The minimum absolute atomic E-state index is 0.169. The highest BCUT2D eigenvalue weighted by molar-refractivity contribution is 5.90. The van der Waals surface area contributed by atoms with E-state index in [0.717, 1.165) is 0 Å². The predicted octanol–water partition coefficient (Wildman–Crippen LogP) is -1.19. The summed E-state index contributed by atoms with van der Waals surface area (Å²) in [5.74, 6) is -0.611. The summed E-state index contributed by atoms with van der Waals surface area (Å²) in [6.07, 6.45) is 1.25. The summed E-state index contributed by atoms with van der Waals surface area (Å²) in [6.45, 7) is 2.43. The third-order valence-corrected chi connectivity index (χ3v) is 2.39. The molecule has 1 unspecified atom stereocenters. The maximum Gasteiger partial charge on any atom is 0.240 e. The predicted molar refractivity (Wildman–Crippen MR) is 47.6 cm³/mol. The monoisotopic (exact) mass is 185 g/mol. The zero-order chi connectivity index (χ0) is 10.0. The minimum atomic E-state index is -0.498. The van der Waals surface area contributed by atoms with Crippen molar-refractivity contribution in [1.29, 1.82) is 0 Å². The van der Waals surface area contributed by atoms with Gasteiger partial charge in [0.15, 0.2) is 0 Å². The molecule has 0 spiro atoms. The van der Waals surface area contributed by atoms with Gasteiger partial charge in [0.2, 0.25) is 11.8 Å². The van der Waals surface area contributed by atoms with Crippen LogP contribution in [0.2, 0.25) is 0 Å². The second-order valence-electron chi connectivity index (χ2n) is 3.25. The van der Waals surface area contributed by atoms with E-state index in [2.05, 4.69) is 0 Å². The van der Waals surface area contributed by atoms with Gasteiger partial charge in [-0.1, -0.05) is 6.92 Å². The minimum Gasteiger partial charge on any atom is -0.368 e. The normalized spacial score (nSPS) is 23.5. The van der Waals surface area contributed by atoms with Crippen LogP contribution in [0.25, 0.3) is 0 Å². The number of rotatable bonds is 3. The van der Waals surface area contributed by atoms with E-state index in [9.17, 15) is 9.59 Å². The molecule has 1 heterocycles. The molecule has 5 heteroatoms. The Labute approximate surface area is 77.1 Å². The molecule has 1 aliphatic heterocycles. The smallest absolute Gasteiger partial charge is 0.240 e. The molecule has 0 aromatic heterocycles. The zero-order valence-electron chi connectivity index (χ0n) is 7.69. The van der Waals surface area contributed by atoms with Gasteiger partial charge in [-0.15, -0.1) is 0 Å². The number of carbonyl (C=O) groups excluding carboxylic acids is 2. The molecule has 2 atom stereocenters. The van der Waals surface area contributed by atoms with E-state index in [-0.39, 0.29) is 5.91 Å². The standard InChI is InChI=1S/C8H15N3O2/c1-2-5(9)8(13)11-4-3-6(11)7(10)12/h5-6H,2-4,9H2,1H3,(H2,10,12)/t5-,6?/m1/s1. The largest absolute Gasteiger partial charge is 0.368 e. The quantitative estimate of drug-likeness (QED) is 0.579. The molecule has 0 saturated carbocycles. The van der Waals surface area contributed by atoms with Gasteiger partial charge in [0.25, 0.3) is 0 Å². The summed E-state index contributed by atoms with van der Waals surface area (Å²) in [7, 11) is 0. The summed E-state index contributed by atoms with van der Waals surface area (Å²) in [5, 5.41) is 0. The molecule has 1 aliphatic rings. The number of amides is 2. The molecule has 1 fully saturated rings. The number of carbonyl (C=O) groups is 2. The van der Waals surface area contributed by atoms with Gasteiger partial charge in [-0.05, 0) is 12.8 Å². The van der Waals surface area contributed by atoms with E-state index in [1.807, 2.05) is 6.92 Å². The molecule has 0 aromatic carbocycles. The average Bonchev–Trinajstić information content (AvgIpc) is 1.99. The molecular weight excluding hydrogens is 170 g/mol. The molecule has 2 amide bonds. The van der Waals surface area contributed by atoms with Crippen molar-refractivity contribution >= 4 is 11.8 Å². The van der Waals surface area contributed by atoms with Gasteiger partial charge in [-0.3, -0.25) is 9.59 Å². The summed E-state index contributed by atoms with van der Waals surface area (Å²) in [4.78, 5) is 23.7. The van der Waals surface area contributed by atoms with E-state index in [0.29, 0.717) is 19.4 Å². The summed E-state index contributed by atoms with van der Waals surface area (Å²) >= 11 is 0. The van der Waals surface area contributed by atoms with Crippen LogP contribution in [-0.4, -0.2) is 35.3 Å². The van der Waals surface area contributed by atoms with Crippen LogP contribution < -0.4 is 11.5 Å². The first-order chi connectivity index (χ1) is 6.07. The van der Waals surface area contributed by atoms with Crippen molar-refractivity contribution in [2.24, 2.45) is 11.5 Å². The fourth-order valence-corrected chi connectivity index (χ4v) is 1.33. The number of nitrogens with zero attached hydrogens (tertiary/aromatic N) is 1. The molecule has 13 heavy (non-hydrogen) atoms. The van der Waals surface area contributed by atoms with E-state index in [1.165, 1.54) is 4.90 Å². The van der Waals surface area contributed by atoms with Crippen LogP contribution in [0.3, 0.4) is 0 Å². The lowest BCUT2D eigenvalue weighted by Gasteiger charge is -2.40. The number of likely N-dealkylation sites (tertiary alicyclic amines) is 1. The molecule has 1 saturated heterocycles. The van der Waals surface area contributed by atoms with Gasteiger partial charge in [0, 0.05) is 6.54 Å². The molecule has 0 aliphatic carbocycles. The fourth-order valence-electron chi connectivity index (χ4n) is 1.33. The Morgan fingerprint density at radius 2 is 2.23 bits per heavy atom. The van der Waals surface area contributed by atoms with Crippen molar-refractivity contribution in [2.75, 3.05) is 6.54 Å². The first-order valence-corrected chi connectivity index (χ1v) is 4.43. The number of primary amides is 1. The second-order valence-corrected chi connectivity index (χ2v) is 3.25. The summed E-state index contributed by atoms with van der Waals surface area (Å²) < 4.78 is 0. The Kier molecular flexibility index (Phi) is 2.87. The average molecular weight is 185 g/mol. The zero-order valence-corrected chi connectivity index (χ0v) is 7.69. The maximum absolute atomic E-state index is 11.5. The van der Waals surface area contributed by atoms with Crippen molar-refractivity contribution in [1.82, 2.24) is 4.90 Å². The molecule has 5 nitrogen and oxygen atoms in total. The maximum atomic E-state index is 11.5. The van der Waals surface area contributed by atoms with Crippen molar-refractivity contribution in [3.8, 4) is 0 Å². The Hall–Kier alpha value is -1.10. The molecule has 4 N–H and O–H groups in total. The lowest BCUT2D eigenvalue weighted by Crippen LogP contribution is -2.60. The first kappa shape index (κ1) is 9.98. The Morgan fingerprint density at radius 3 is 2.54 bits per heavy atom. The van der Waals surface area contributed by atoms with Crippen molar-refractivity contribution in [3.63, 3.8) is 0 Å². The van der Waals surface area contributed by atoms with E-state index in [1.54, 1.807) is 0 Å². The van der Waals surface area contributed by atoms with E-state index >= 15 is 0 Å². The van der Waals surface area contributed by atoms with Crippen LogP contribution >= 0.6 is 0 Å². The third-order valence-electron chi connectivity index (χ3n) is 2.39. The molecule has 0 bridgehead atoms. The van der Waals surface area contributed by atoms with Crippen LogP contribution in [0.15, 0.2) is 0 Å². The van der Waals surface area contributed by atoms with Gasteiger partial charge in [-0.25, -0.2) is 0 Å². The van der Waals surface area contributed by atoms with Crippen molar-refractivity contribution in [3.05, 3.63) is 0 Å². The molecule has 0 aromatic rings. The second kappa shape index (κ2) is 3.74. The highest BCUT2D eigenvalue weighted by Crippen LogP contribution is 2.17. The Bertz CT molecular complexity index is 229. The number of nitrogens with two attached hydrogens (primary N) is 2. The van der Waals surface area contributed by atoms with Crippen molar-refractivity contribution < 1.29 is 9.59 Å². The molecular formula is C8H15N3O2. The van der Waals surface area contributed by atoms with E-state index in [4.69, 9.17) is 11.5 Å².